The first-order valence-corrected chi connectivity index (χ1v) is 9.62. The molecule has 0 saturated heterocycles. The van der Waals surface area contributed by atoms with E-state index in [4.69, 9.17) is 12.2 Å². The molecule has 0 bridgehead atoms. The third-order valence-electron chi connectivity index (χ3n) is 5.48. The first-order chi connectivity index (χ1) is 12.9. The molecule has 2 aromatic rings. The average Bonchev–Trinajstić information content (AvgIpc) is 2.66. The van der Waals surface area contributed by atoms with Crippen LogP contribution in [0.15, 0.2) is 29.1 Å². The Balaban J connectivity index is 1.68. The van der Waals surface area contributed by atoms with Gasteiger partial charge in [0.2, 0.25) is 0 Å². The largest absolute Gasteiger partial charge is 0.358 e. The van der Waals surface area contributed by atoms with Crippen LogP contribution in [0.2, 0.25) is 0 Å². The third kappa shape index (κ3) is 4.10. The highest BCUT2D eigenvalue weighted by molar-refractivity contribution is 7.80. The van der Waals surface area contributed by atoms with Crippen molar-refractivity contribution < 1.29 is 4.79 Å². The summed E-state index contributed by atoms with van der Waals surface area (Å²) < 4.78 is 1.17. The molecule has 0 aliphatic heterocycles. The van der Waals surface area contributed by atoms with E-state index in [0.29, 0.717) is 33.8 Å². The molecule has 27 heavy (non-hydrogen) atoms. The Kier molecular flexibility index (Phi) is 5.74. The summed E-state index contributed by atoms with van der Waals surface area (Å²) in [4.78, 5) is 24.8. The zero-order valence-electron chi connectivity index (χ0n) is 15.8. The number of hydrogen-bond donors (Lipinski definition) is 3. The summed E-state index contributed by atoms with van der Waals surface area (Å²) in [5.74, 6) is 0.717. The number of nitrogens with one attached hydrogen (secondary N) is 3. The minimum Gasteiger partial charge on any atom is -0.358 e. The molecule has 0 radical (unpaired) electrons. The molecule has 1 amide bonds. The van der Waals surface area contributed by atoms with Gasteiger partial charge in [-0.2, -0.15) is 5.10 Å². The monoisotopic (exact) mass is 387 g/mol. The van der Waals surface area contributed by atoms with Crippen LogP contribution in [0.3, 0.4) is 0 Å². The molecule has 1 aliphatic carbocycles. The highest BCUT2D eigenvalue weighted by atomic mass is 32.1. The molecule has 0 spiro atoms. The molecule has 144 valence electrons. The van der Waals surface area contributed by atoms with Crippen molar-refractivity contribution in [2.45, 2.75) is 39.2 Å². The number of hydrogen-bond acceptors (Lipinski definition) is 4. The first kappa shape index (κ1) is 19.3. The van der Waals surface area contributed by atoms with Gasteiger partial charge in [0.05, 0.1) is 5.39 Å². The number of thiocarbonyl (C=S) groups is 1. The van der Waals surface area contributed by atoms with E-state index >= 15 is 0 Å². The SMILES string of the molecule is C[C@H]1[C@@H](NC(=S)NNC(=O)c2nn(C)c(=O)c3ccccc23)CCC[C@@H]1C. The Morgan fingerprint density at radius 3 is 2.63 bits per heavy atom. The van der Waals surface area contributed by atoms with Crippen LogP contribution in [0.25, 0.3) is 10.8 Å². The van der Waals surface area contributed by atoms with Crippen molar-refractivity contribution in [2.75, 3.05) is 0 Å². The van der Waals surface area contributed by atoms with Gasteiger partial charge in [0.25, 0.3) is 11.5 Å². The molecule has 1 aliphatic rings. The van der Waals surface area contributed by atoms with E-state index < -0.39 is 5.91 Å². The Morgan fingerprint density at radius 1 is 1.19 bits per heavy atom. The van der Waals surface area contributed by atoms with Crippen LogP contribution in [0, 0.1) is 11.8 Å². The van der Waals surface area contributed by atoms with Crippen molar-refractivity contribution in [3.63, 3.8) is 0 Å². The lowest BCUT2D eigenvalue weighted by molar-refractivity contribution is 0.0938. The van der Waals surface area contributed by atoms with Crippen LogP contribution in [-0.2, 0) is 7.05 Å². The van der Waals surface area contributed by atoms with Crippen LogP contribution in [0.4, 0.5) is 0 Å². The fourth-order valence-corrected chi connectivity index (χ4v) is 3.83. The smallest absolute Gasteiger partial charge is 0.290 e. The molecule has 7 nitrogen and oxygen atoms in total. The number of benzene rings is 1. The van der Waals surface area contributed by atoms with Crippen molar-refractivity contribution in [3.8, 4) is 0 Å². The number of aryl methyl sites for hydroxylation is 1. The first-order valence-electron chi connectivity index (χ1n) is 9.21. The molecule has 1 fully saturated rings. The normalized spacial score (nSPS) is 22.3. The molecule has 0 unspecified atom stereocenters. The fraction of sp³-hybridized carbons (Fsp3) is 0.474. The van der Waals surface area contributed by atoms with Crippen LogP contribution in [0.5, 0.6) is 0 Å². The number of rotatable bonds is 2. The summed E-state index contributed by atoms with van der Waals surface area (Å²) in [5.41, 5.74) is 5.26. The van der Waals surface area contributed by atoms with Gasteiger partial charge in [0, 0.05) is 18.5 Å². The summed E-state index contributed by atoms with van der Waals surface area (Å²) in [6, 6.07) is 7.21. The van der Waals surface area contributed by atoms with Crippen LogP contribution in [0.1, 0.15) is 43.6 Å². The second-order valence-electron chi connectivity index (χ2n) is 7.25. The van der Waals surface area contributed by atoms with E-state index in [-0.39, 0.29) is 11.3 Å². The molecule has 8 heteroatoms. The fourth-order valence-electron chi connectivity index (χ4n) is 3.63. The van der Waals surface area contributed by atoms with Crippen LogP contribution >= 0.6 is 12.2 Å². The molecule has 3 atom stereocenters. The minimum absolute atomic E-state index is 0.169. The molecule has 3 rings (SSSR count). The maximum absolute atomic E-state index is 12.6. The second kappa shape index (κ2) is 8.04. The second-order valence-corrected chi connectivity index (χ2v) is 7.66. The summed E-state index contributed by atoms with van der Waals surface area (Å²) in [6.45, 7) is 4.48. The molecular weight excluding hydrogens is 362 g/mol. The van der Waals surface area contributed by atoms with Crippen molar-refractivity contribution in [1.82, 2.24) is 25.9 Å². The van der Waals surface area contributed by atoms with Gasteiger partial charge in [-0.1, -0.05) is 44.9 Å². The van der Waals surface area contributed by atoms with E-state index in [9.17, 15) is 9.59 Å². The van der Waals surface area contributed by atoms with E-state index in [0.717, 1.165) is 6.42 Å². The third-order valence-corrected chi connectivity index (χ3v) is 5.70. The summed E-state index contributed by atoms with van der Waals surface area (Å²) in [7, 11) is 1.52. The number of nitrogens with zero attached hydrogens (tertiary/aromatic N) is 2. The summed E-state index contributed by atoms with van der Waals surface area (Å²) in [5, 5.41) is 8.73. The summed E-state index contributed by atoms with van der Waals surface area (Å²) in [6.07, 6.45) is 3.47. The average molecular weight is 388 g/mol. The Morgan fingerprint density at radius 2 is 1.89 bits per heavy atom. The standard InChI is InChI=1S/C19H25N5O2S/c1-11-7-6-10-15(12(11)2)20-19(27)22-21-17(25)16-13-8-4-5-9-14(13)18(26)24(3)23-16/h4-5,8-9,11-12,15H,6-7,10H2,1-3H3,(H,21,25)(H2,20,22,27)/t11-,12+,15-/m0/s1. The predicted octanol–water partition coefficient (Wildman–Crippen LogP) is 1.87. The van der Waals surface area contributed by atoms with Crippen molar-refractivity contribution in [2.24, 2.45) is 18.9 Å². The van der Waals surface area contributed by atoms with Crippen molar-refractivity contribution in [1.29, 1.82) is 0 Å². The van der Waals surface area contributed by atoms with Crippen LogP contribution < -0.4 is 21.7 Å². The lowest BCUT2D eigenvalue weighted by Gasteiger charge is -2.35. The zero-order valence-corrected chi connectivity index (χ0v) is 16.6. The quantitative estimate of drug-likeness (QED) is 0.539. The number of hydrazine groups is 1. The Labute approximate surface area is 163 Å². The molecule has 1 saturated carbocycles. The van der Waals surface area contributed by atoms with Gasteiger partial charge in [0.1, 0.15) is 0 Å². The molecule has 1 aromatic carbocycles. The van der Waals surface area contributed by atoms with Crippen molar-refractivity contribution in [3.05, 3.63) is 40.3 Å². The van der Waals surface area contributed by atoms with E-state index in [1.807, 2.05) is 0 Å². The zero-order chi connectivity index (χ0) is 19.6. The lowest BCUT2D eigenvalue weighted by atomic mass is 9.78. The highest BCUT2D eigenvalue weighted by Gasteiger charge is 2.27. The molecule has 1 aromatic heterocycles. The van der Waals surface area contributed by atoms with E-state index in [1.54, 1.807) is 24.3 Å². The maximum Gasteiger partial charge on any atom is 0.290 e. The topological polar surface area (TPSA) is 88.0 Å². The Bertz CT molecular complexity index is 926. The van der Waals surface area contributed by atoms with Crippen LogP contribution in [-0.4, -0.2) is 26.8 Å². The number of amides is 1. The van der Waals surface area contributed by atoms with Crippen molar-refractivity contribution >= 4 is 34.0 Å². The number of carbonyl (C=O) groups is 1. The van der Waals surface area contributed by atoms with E-state index in [2.05, 4.69) is 35.1 Å². The van der Waals surface area contributed by atoms with Gasteiger partial charge < -0.3 is 5.32 Å². The molecular formula is C19H25N5O2S. The molecule has 3 N–H and O–H groups in total. The molecule has 1 heterocycles. The lowest BCUT2D eigenvalue weighted by Crippen LogP contribution is -2.52. The predicted molar refractivity (Wildman–Crippen MR) is 109 cm³/mol. The van der Waals surface area contributed by atoms with Gasteiger partial charge in [-0.25, -0.2) is 4.68 Å². The number of aromatic nitrogens is 2. The van der Waals surface area contributed by atoms with Gasteiger partial charge in [-0.15, -0.1) is 0 Å². The minimum atomic E-state index is -0.448. The van der Waals surface area contributed by atoms with Gasteiger partial charge in [-0.05, 0) is 36.5 Å². The summed E-state index contributed by atoms with van der Waals surface area (Å²) >= 11 is 5.32. The van der Waals surface area contributed by atoms with Gasteiger partial charge >= 0.3 is 0 Å². The Hall–Kier alpha value is -2.48. The van der Waals surface area contributed by atoms with E-state index in [1.165, 1.54) is 24.6 Å². The van der Waals surface area contributed by atoms with Gasteiger partial charge in [0.15, 0.2) is 10.8 Å². The van der Waals surface area contributed by atoms with Gasteiger partial charge in [-0.3, -0.25) is 20.4 Å². The highest BCUT2D eigenvalue weighted by Crippen LogP contribution is 2.29. The number of fused-ring (bicyclic) bond motifs is 1. The maximum atomic E-state index is 12.6. The number of carbonyl (C=O) groups excluding carboxylic acids is 1.